The SMILES string of the molecule is CCc1nc(NC)c(C)c(NC2CCC(C)C2C)n1. The molecule has 3 atom stereocenters. The van der Waals surface area contributed by atoms with E-state index in [0.717, 1.165) is 35.4 Å². The second-order valence-corrected chi connectivity index (χ2v) is 5.73. The quantitative estimate of drug-likeness (QED) is 0.874. The summed E-state index contributed by atoms with van der Waals surface area (Å²) in [4.78, 5) is 9.18. The van der Waals surface area contributed by atoms with Gasteiger partial charge in [0.1, 0.15) is 17.5 Å². The summed E-state index contributed by atoms with van der Waals surface area (Å²) in [5.74, 6) is 4.35. The van der Waals surface area contributed by atoms with Crippen LogP contribution >= 0.6 is 0 Å². The molecule has 1 heterocycles. The average Bonchev–Trinajstić information content (AvgIpc) is 2.73. The predicted octanol–water partition coefficient (Wildman–Crippen LogP) is 3.24. The third-order valence-electron chi connectivity index (χ3n) is 4.53. The number of hydrogen-bond donors (Lipinski definition) is 2. The summed E-state index contributed by atoms with van der Waals surface area (Å²) in [6.45, 7) is 8.85. The fourth-order valence-corrected chi connectivity index (χ4v) is 2.85. The van der Waals surface area contributed by atoms with Crippen LogP contribution < -0.4 is 10.6 Å². The van der Waals surface area contributed by atoms with Gasteiger partial charge in [-0.05, 0) is 31.6 Å². The van der Waals surface area contributed by atoms with Crippen LogP contribution in [0.25, 0.3) is 0 Å². The largest absolute Gasteiger partial charge is 0.373 e. The molecule has 1 saturated carbocycles. The summed E-state index contributed by atoms with van der Waals surface area (Å²) < 4.78 is 0. The van der Waals surface area contributed by atoms with Gasteiger partial charge in [0, 0.05) is 25.1 Å². The smallest absolute Gasteiger partial charge is 0.135 e. The van der Waals surface area contributed by atoms with Crippen LogP contribution in [0.15, 0.2) is 0 Å². The lowest BCUT2D eigenvalue weighted by atomic mass is 9.98. The molecule has 1 aromatic heterocycles. The Hall–Kier alpha value is -1.32. The van der Waals surface area contributed by atoms with Crippen molar-refractivity contribution < 1.29 is 0 Å². The Labute approximate surface area is 116 Å². The molecule has 4 heteroatoms. The van der Waals surface area contributed by atoms with Gasteiger partial charge in [0.2, 0.25) is 0 Å². The van der Waals surface area contributed by atoms with Gasteiger partial charge in [-0.25, -0.2) is 9.97 Å². The van der Waals surface area contributed by atoms with Crippen LogP contribution in [-0.2, 0) is 6.42 Å². The fourth-order valence-electron chi connectivity index (χ4n) is 2.85. The van der Waals surface area contributed by atoms with Crippen LogP contribution in [0.2, 0.25) is 0 Å². The predicted molar refractivity (Wildman–Crippen MR) is 80.7 cm³/mol. The van der Waals surface area contributed by atoms with E-state index in [0.29, 0.717) is 12.0 Å². The molecule has 3 unspecified atom stereocenters. The maximum Gasteiger partial charge on any atom is 0.135 e. The fraction of sp³-hybridized carbons (Fsp3) is 0.733. The first kappa shape index (κ1) is 14.1. The van der Waals surface area contributed by atoms with Gasteiger partial charge in [-0.2, -0.15) is 0 Å². The van der Waals surface area contributed by atoms with Crippen molar-refractivity contribution in [1.29, 1.82) is 0 Å². The minimum absolute atomic E-state index is 0.540. The minimum Gasteiger partial charge on any atom is -0.373 e. The van der Waals surface area contributed by atoms with Crippen molar-refractivity contribution in [2.24, 2.45) is 11.8 Å². The van der Waals surface area contributed by atoms with Crippen LogP contribution in [0.4, 0.5) is 11.6 Å². The highest BCUT2D eigenvalue weighted by Crippen LogP contribution is 2.34. The van der Waals surface area contributed by atoms with Gasteiger partial charge in [-0.3, -0.25) is 0 Å². The molecule has 0 bridgehead atoms. The van der Waals surface area contributed by atoms with E-state index in [1.54, 1.807) is 0 Å². The molecule has 0 saturated heterocycles. The van der Waals surface area contributed by atoms with Crippen molar-refractivity contribution in [3.05, 3.63) is 11.4 Å². The Morgan fingerprint density at radius 1 is 1.16 bits per heavy atom. The first-order chi connectivity index (χ1) is 9.06. The van der Waals surface area contributed by atoms with E-state index in [2.05, 4.69) is 48.3 Å². The molecule has 0 amide bonds. The van der Waals surface area contributed by atoms with Gasteiger partial charge >= 0.3 is 0 Å². The monoisotopic (exact) mass is 262 g/mol. The lowest BCUT2D eigenvalue weighted by Crippen LogP contribution is -2.25. The number of aryl methyl sites for hydroxylation is 1. The lowest BCUT2D eigenvalue weighted by molar-refractivity contribution is 0.435. The Balaban J connectivity index is 2.24. The van der Waals surface area contributed by atoms with Crippen LogP contribution in [0.1, 0.15) is 45.0 Å². The second kappa shape index (κ2) is 5.76. The lowest BCUT2D eigenvalue weighted by Gasteiger charge is -2.22. The average molecular weight is 262 g/mol. The molecule has 4 nitrogen and oxygen atoms in total. The standard InChI is InChI=1S/C15H26N4/c1-6-13-18-14(16-5)11(4)15(19-13)17-12-8-7-9(2)10(12)3/h9-10,12H,6-8H2,1-5H3,(H2,16,17,18,19). The molecule has 2 N–H and O–H groups in total. The number of rotatable bonds is 4. The topological polar surface area (TPSA) is 49.8 Å². The third kappa shape index (κ3) is 2.82. The molecule has 0 radical (unpaired) electrons. The van der Waals surface area contributed by atoms with Gasteiger partial charge in [-0.15, -0.1) is 0 Å². The molecule has 0 aliphatic heterocycles. The zero-order valence-corrected chi connectivity index (χ0v) is 12.7. The number of nitrogens with one attached hydrogen (secondary N) is 2. The first-order valence-electron chi connectivity index (χ1n) is 7.38. The Bertz CT molecular complexity index is 444. The first-order valence-corrected chi connectivity index (χ1v) is 7.38. The summed E-state index contributed by atoms with van der Waals surface area (Å²) in [6.07, 6.45) is 3.41. The summed E-state index contributed by atoms with van der Waals surface area (Å²) in [5.41, 5.74) is 1.12. The van der Waals surface area contributed by atoms with Crippen LogP contribution in [0.5, 0.6) is 0 Å². The van der Waals surface area contributed by atoms with Crippen LogP contribution in [-0.4, -0.2) is 23.1 Å². The Morgan fingerprint density at radius 2 is 1.84 bits per heavy atom. The molecule has 2 rings (SSSR count). The molecule has 1 aliphatic rings. The molecular weight excluding hydrogens is 236 g/mol. The molecule has 0 aromatic carbocycles. The van der Waals surface area contributed by atoms with E-state index < -0.39 is 0 Å². The van der Waals surface area contributed by atoms with E-state index in [-0.39, 0.29) is 0 Å². The second-order valence-electron chi connectivity index (χ2n) is 5.73. The Morgan fingerprint density at radius 3 is 2.37 bits per heavy atom. The van der Waals surface area contributed by atoms with Crippen LogP contribution in [0, 0.1) is 18.8 Å². The number of anilines is 2. The van der Waals surface area contributed by atoms with E-state index in [4.69, 9.17) is 0 Å². The van der Waals surface area contributed by atoms with Gasteiger partial charge in [0.05, 0.1) is 0 Å². The number of hydrogen-bond acceptors (Lipinski definition) is 4. The summed E-state index contributed by atoms with van der Waals surface area (Å²) in [5, 5.41) is 6.81. The van der Waals surface area contributed by atoms with Crippen molar-refractivity contribution >= 4 is 11.6 Å². The van der Waals surface area contributed by atoms with Gasteiger partial charge in [0.25, 0.3) is 0 Å². The van der Waals surface area contributed by atoms with Crippen molar-refractivity contribution in [3.8, 4) is 0 Å². The van der Waals surface area contributed by atoms with Crippen molar-refractivity contribution in [3.63, 3.8) is 0 Å². The number of aromatic nitrogens is 2. The molecule has 19 heavy (non-hydrogen) atoms. The van der Waals surface area contributed by atoms with Gasteiger partial charge < -0.3 is 10.6 Å². The minimum atomic E-state index is 0.540. The van der Waals surface area contributed by atoms with E-state index in [9.17, 15) is 0 Å². The molecule has 0 spiro atoms. The Kier molecular flexibility index (Phi) is 4.27. The molecular formula is C15H26N4. The molecule has 1 aliphatic carbocycles. The van der Waals surface area contributed by atoms with Crippen molar-refractivity contribution in [1.82, 2.24) is 9.97 Å². The summed E-state index contributed by atoms with van der Waals surface area (Å²) in [6, 6.07) is 0.540. The normalized spacial score (nSPS) is 26.5. The highest BCUT2D eigenvalue weighted by molar-refractivity contribution is 5.57. The highest BCUT2D eigenvalue weighted by Gasteiger charge is 2.30. The van der Waals surface area contributed by atoms with Crippen molar-refractivity contribution in [2.75, 3.05) is 17.7 Å². The zero-order valence-electron chi connectivity index (χ0n) is 12.7. The van der Waals surface area contributed by atoms with E-state index in [1.165, 1.54) is 12.8 Å². The van der Waals surface area contributed by atoms with Crippen LogP contribution in [0.3, 0.4) is 0 Å². The maximum absolute atomic E-state index is 4.66. The van der Waals surface area contributed by atoms with Gasteiger partial charge in [-0.1, -0.05) is 20.8 Å². The molecule has 1 aromatic rings. The summed E-state index contributed by atoms with van der Waals surface area (Å²) >= 11 is 0. The molecule has 106 valence electrons. The van der Waals surface area contributed by atoms with E-state index >= 15 is 0 Å². The van der Waals surface area contributed by atoms with E-state index in [1.807, 2.05) is 7.05 Å². The third-order valence-corrected chi connectivity index (χ3v) is 4.53. The number of nitrogens with zero attached hydrogens (tertiary/aromatic N) is 2. The van der Waals surface area contributed by atoms with Gasteiger partial charge in [0.15, 0.2) is 0 Å². The zero-order chi connectivity index (χ0) is 14.0. The van der Waals surface area contributed by atoms with Crippen molar-refractivity contribution in [2.45, 2.75) is 53.0 Å². The summed E-state index contributed by atoms with van der Waals surface area (Å²) in [7, 11) is 1.92. The highest BCUT2D eigenvalue weighted by atomic mass is 15.1. The molecule has 1 fully saturated rings. The maximum atomic E-state index is 4.66.